The third-order valence-corrected chi connectivity index (χ3v) is 3.45. The summed E-state index contributed by atoms with van der Waals surface area (Å²) in [6.45, 7) is 2.32. The smallest absolute Gasteiger partial charge is 0.273 e. The average molecular weight is 324 g/mol. The number of hydrogen-bond acceptors (Lipinski definition) is 5. The van der Waals surface area contributed by atoms with Crippen molar-refractivity contribution < 1.29 is 9.32 Å². The van der Waals surface area contributed by atoms with E-state index in [1.165, 1.54) is 17.0 Å². The van der Waals surface area contributed by atoms with E-state index < -0.39 is 0 Å². The molecule has 0 atom stereocenters. The first-order valence-electron chi connectivity index (χ1n) is 7.47. The van der Waals surface area contributed by atoms with Crippen LogP contribution in [0.1, 0.15) is 16.2 Å². The van der Waals surface area contributed by atoms with E-state index in [9.17, 15) is 9.59 Å². The summed E-state index contributed by atoms with van der Waals surface area (Å²) in [6, 6.07) is 12.5. The molecule has 0 aliphatic heterocycles. The first-order chi connectivity index (χ1) is 11.6. The monoisotopic (exact) mass is 324 g/mol. The van der Waals surface area contributed by atoms with Crippen molar-refractivity contribution in [2.45, 2.75) is 13.5 Å². The maximum atomic E-state index is 12.1. The van der Waals surface area contributed by atoms with E-state index in [0.29, 0.717) is 18.0 Å². The number of rotatable bonds is 5. The van der Waals surface area contributed by atoms with Gasteiger partial charge in [0.05, 0.1) is 12.0 Å². The fourth-order valence-electron chi connectivity index (χ4n) is 2.21. The summed E-state index contributed by atoms with van der Waals surface area (Å²) in [5, 5.41) is 6.32. The van der Waals surface area contributed by atoms with Gasteiger partial charge in [0.15, 0.2) is 5.69 Å². The second kappa shape index (κ2) is 6.91. The number of hydrogen-bond donors (Lipinski definition) is 1. The van der Waals surface area contributed by atoms with Crippen LogP contribution in [0.3, 0.4) is 0 Å². The maximum Gasteiger partial charge on any atom is 0.273 e. The average Bonchev–Trinajstić information content (AvgIpc) is 3.03. The van der Waals surface area contributed by atoms with Gasteiger partial charge in [-0.2, -0.15) is 0 Å². The zero-order chi connectivity index (χ0) is 16.9. The highest BCUT2D eigenvalue weighted by molar-refractivity contribution is 5.92. The van der Waals surface area contributed by atoms with Gasteiger partial charge in [-0.15, -0.1) is 0 Å². The number of benzene rings is 1. The zero-order valence-corrected chi connectivity index (χ0v) is 13.1. The molecule has 0 saturated heterocycles. The Bertz CT molecular complexity index is 899. The third-order valence-electron chi connectivity index (χ3n) is 3.45. The molecule has 0 radical (unpaired) electrons. The molecular weight excluding hydrogens is 308 g/mol. The lowest BCUT2D eigenvalue weighted by atomic mass is 10.1. The second-order valence-electron chi connectivity index (χ2n) is 5.25. The molecule has 0 spiro atoms. The Balaban J connectivity index is 1.62. The highest BCUT2D eigenvalue weighted by atomic mass is 16.5. The van der Waals surface area contributed by atoms with Crippen molar-refractivity contribution in [3.63, 3.8) is 0 Å². The van der Waals surface area contributed by atoms with Gasteiger partial charge in [-0.1, -0.05) is 35.5 Å². The van der Waals surface area contributed by atoms with Gasteiger partial charge < -0.3 is 9.84 Å². The second-order valence-corrected chi connectivity index (χ2v) is 5.25. The largest absolute Gasteiger partial charge is 0.361 e. The normalized spacial score (nSPS) is 10.5. The molecule has 0 unspecified atom stereocenters. The summed E-state index contributed by atoms with van der Waals surface area (Å²) in [7, 11) is 0. The fraction of sp³-hybridized carbons (Fsp3) is 0.176. The van der Waals surface area contributed by atoms with E-state index in [0.717, 1.165) is 5.56 Å². The van der Waals surface area contributed by atoms with Crippen LogP contribution < -0.4 is 10.9 Å². The Labute approximate surface area is 137 Å². The summed E-state index contributed by atoms with van der Waals surface area (Å²) in [5.74, 6) is 0.228. The third kappa shape index (κ3) is 3.57. The molecule has 0 fully saturated rings. The number of nitrogens with one attached hydrogen (secondary N) is 1. The van der Waals surface area contributed by atoms with Gasteiger partial charge in [0, 0.05) is 30.8 Å². The minimum absolute atomic E-state index is 0.171. The highest BCUT2D eigenvalue weighted by Gasteiger charge is 2.10. The van der Waals surface area contributed by atoms with Crippen molar-refractivity contribution >= 4 is 5.91 Å². The molecule has 1 N–H and O–H groups in total. The molecular formula is C17H16N4O3. The number of aromatic nitrogens is 3. The first-order valence-corrected chi connectivity index (χ1v) is 7.47. The van der Waals surface area contributed by atoms with Crippen LogP contribution in [0.5, 0.6) is 0 Å². The van der Waals surface area contributed by atoms with Crippen molar-refractivity contribution in [3.05, 3.63) is 70.6 Å². The SMILES string of the molecule is Cc1cc(C(=O)NCCn2cnc(-c3ccccc3)cc2=O)no1. The molecule has 7 heteroatoms. The number of carbonyl (C=O) groups excluding carboxylic acids is 1. The molecule has 1 amide bonds. The number of amides is 1. The maximum absolute atomic E-state index is 12.1. The summed E-state index contributed by atoms with van der Waals surface area (Å²) in [6.07, 6.45) is 1.48. The van der Waals surface area contributed by atoms with Crippen LogP contribution in [-0.2, 0) is 6.54 Å². The van der Waals surface area contributed by atoms with Crippen LogP contribution in [0.25, 0.3) is 11.3 Å². The molecule has 0 bridgehead atoms. The van der Waals surface area contributed by atoms with E-state index in [1.807, 2.05) is 30.3 Å². The topological polar surface area (TPSA) is 90.0 Å². The molecule has 24 heavy (non-hydrogen) atoms. The van der Waals surface area contributed by atoms with Gasteiger partial charge in [0.2, 0.25) is 0 Å². The van der Waals surface area contributed by atoms with E-state index in [4.69, 9.17) is 4.52 Å². The molecule has 3 aromatic rings. The lowest BCUT2D eigenvalue weighted by Gasteiger charge is -2.07. The molecule has 1 aromatic carbocycles. The molecule has 0 aliphatic rings. The van der Waals surface area contributed by atoms with Gasteiger partial charge >= 0.3 is 0 Å². The number of carbonyl (C=O) groups is 1. The lowest BCUT2D eigenvalue weighted by molar-refractivity contribution is 0.0943. The Morgan fingerprint density at radius 2 is 2.04 bits per heavy atom. The number of nitrogens with zero attached hydrogens (tertiary/aromatic N) is 3. The number of aryl methyl sites for hydroxylation is 1. The van der Waals surface area contributed by atoms with Crippen molar-refractivity contribution in [1.29, 1.82) is 0 Å². The van der Waals surface area contributed by atoms with Crippen LogP contribution in [-0.4, -0.2) is 27.2 Å². The van der Waals surface area contributed by atoms with Crippen molar-refractivity contribution in [1.82, 2.24) is 20.0 Å². The first kappa shape index (κ1) is 15.7. The van der Waals surface area contributed by atoms with E-state index >= 15 is 0 Å². The van der Waals surface area contributed by atoms with E-state index in [1.54, 1.807) is 13.0 Å². The summed E-state index contributed by atoms with van der Waals surface area (Å²) >= 11 is 0. The molecule has 2 heterocycles. The quantitative estimate of drug-likeness (QED) is 0.770. The van der Waals surface area contributed by atoms with Gasteiger partial charge in [0.1, 0.15) is 5.76 Å². The molecule has 7 nitrogen and oxygen atoms in total. The Morgan fingerprint density at radius 3 is 2.71 bits per heavy atom. The minimum atomic E-state index is -0.339. The van der Waals surface area contributed by atoms with Gasteiger partial charge in [-0.25, -0.2) is 4.98 Å². The molecule has 2 aromatic heterocycles. The Hall–Kier alpha value is -3.22. The molecule has 0 aliphatic carbocycles. The van der Waals surface area contributed by atoms with E-state index in [2.05, 4.69) is 15.5 Å². The van der Waals surface area contributed by atoms with Crippen LogP contribution >= 0.6 is 0 Å². The van der Waals surface area contributed by atoms with E-state index in [-0.39, 0.29) is 23.7 Å². The zero-order valence-electron chi connectivity index (χ0n) is 13.1. The summed E-state index contributed by atoms with van der Waals surface area (Å²) in [5.41, 5.74) is 1.56. The van der Waals surface area contributed by atoms with Crippen molar-refractivity contribution in [2.75, 3.05) is 6.54 Å². The minimum Gasteiger partial charge on any atom is -0.361 e. The Morgan fingerprint density at radius 1 is 1.25 bits per heavy atom. The Kier molecular flexibility index (Phi) is 4.51. The summed E-state index contributed by atoms with van der Waals surface area (Å²) < 4.78 is 6.29. The standard InChI is InChI=1S/C17H16N4O3/c1-12-9-15(20-24-12)17(23)18-7-8-21-11-19-14(10-16(21)22)13-5-3-2-4-6-13/h2-6,9-11H,7-8H2,1H3,(H,18,23). The predicted octanol–water partition coefficient (Wildman–Crippen LogP) is 1.64. The van der Waals surface area contributed by atoms with Gasteiger partial charge in [-0.3, -0.25) is 14.2 Å². The van der Waals surface area contributed by atoms with Crippen LogP contribution in [0.4, 0.5) is 0 Å². The van der Waals surface area contributed by atoms with Crippen LogP contribution in [0.2, 0.25) is 0 Å². The lowest BCUT2D eigenvalue weighted by Crippen LogP contribution is -2.31. The summed E-state index contributed by atoms with van der Waals surface area (Å²) in [4.78, 5) is 28.3. The van der Waals surface area contributed by atoms with Crippen molar-refractivity contribution in [3.8, 4) is 11.3 Å². The molecule has 0 saturated carbocycles. The van der Waals surface area contributed by atoms with Crippen molar-refractivity contribution in [2.24, 2.45) is 0 Å². The van der Waals surface area contributed by atoms with Gasteiger partial charge in [0.25, 0.3) is 11.5 Å². The predicted molar refractivity (Wildman–Crippen MR) is 87.5 cm³/mol. The molecule has 122 valence electrons. The highest BCUT2D eigenvalue weighted by Crippen LogP contribution is 2.13. The van der Waals surface area contributed by atoms with Crippen LogP contribution in [0, 0.1) is 6.92 Å². The van der Waals surface area contributed by atoms with Crippen LogP contribution in [0.15, 0.2) is 58.1 Å². The molecule has 3 rings (SSSR count). The fourth-order valence-corrected chi connectivity index (χ4v) is 2.21. The van der Waals surface area contributed by atoms with Gasteiger partial charge in [-0.05, 0) is 6.92 Å².